The maximum atomic E-state index is 6.38. The van der Waals surface area contributed by atoms with Crippen molar-refractivity contribution in [2.24, 2.45) is 7.05 Å². The van der Waals surface area contributed by atoms with Crippen molar-refractivity contribution in [3.8, 4) is 11.6 Å². The Morgan fingerprint density at radius 1 is 1.04 bits per heavy atom. The van der Waals surface area contributed by atoms with Gasteiger partial charge < -0.3 is 14.0 Å². The third-order valence-corrected chi connectivity index (χ3v) is 5.36. The van der Waals surface area contributed by atoms with E-state index in [4.69, 9.17) is 9.47 Å². The highest BCUT2D eigenvalue weighted by Crippen LogP contribution is 2.35. The van der Waals surface area contributed by atoms with Crippen LogP contribution in [0.2, 0.25) is 0 Å². The fourth-order valence-corrected chi connectivity index (χ4v) is 3.91. The number of benzene rings is 2. The molecule has 0 unspecified atom stereocenters. The summed E-state index contributed by atoms with van der Waals surface area (Å²) in [5, 5.41) is 1.30. The molecule has 0 atom stereocenters. The van der Waals surface area contributed by atoms with Crippen molar-refractivity contribution in [3.63, 3.8) is 0 Å². The van der Waals surface area contributed by atoms with Crippen LogP contribution in [0.25, 0.3) is 10.9 Å². The van der Waals surface area contributed by atoms with Crippen LogP contribution < -0.4 is 4.74 Å². The minimum atomic E-state index is 0.857. The summed E-state index contributed by atoms with van der Waals surface area (Å²) in [6.45, 7) is 7.00. The number of fused-ring (bicyclic) bond motifs is 1. The second-order valence-corrected chi connectivity index (χ2v) is 7.34. The van der Waals surface area contributed by atoms with E-state index in [-0.39, 0.29) is 0 Å². The summed E-state index contributed by atoms with van der Waals surface area (Å²) in [5.41, 5.74) is 3.74. The zero-order chi connectivity index (χ0) is 18.6. The molecule has 1 aromatic heterocycles. The molecule has 0 aliphatic carbocycles. The minimum Gasteiger partial charge on any atom is -0.441 e. The maximum absolute atomic E-state index is 6.38. The van der Waals surface area contributed by atoms with Crippen molar-refractivity contribution in [1.29, 1.82) is 0 Å². The molecule has 2 aromatic carbocycles. The third kappa shape index (κ3) is 4.02. The third-order valence-electron chi connectivity index (χ3n) is 5.36. The van der Waals surface area contributed by atoms with E-state index in [1.165, 1.54) is 22.0 Å². The zero-order valence-electron chi connectivity index (χ0n) is 16.3. The van der Waals surface area contributed by atoms with Gasteiger partial charge in [-0.15, -0.1) is 0 Å². The Hall–Kier alpha value is -2.30. The molecule has 0 bridgehead atoms. The number of hydrogen-bond acceptors (Lipinski definition) is 3. The number of aryl methyl sites for hydroxylation is 3. The van der Waals surface area contributed by atoms with Crippen LogP contribution in [0.15, 0.2) is 48.5 Å². The number of aromatic nitrogens is 1. The molecule has 0 N–H and O–H groups in total. The summed E-state index contributed by atoms with van der Waals surface area (Å²) >= 11 is 0. The van der Waals surface area contributed by atoms with E-state index in [9.17, 15) is 0 Å². The van der Waals surface area contributed by atoms with Gasteiger partial charge in [0, 0.05) is 31.1 Å². The number of ether oxygens (including phenoxy) is 2. The lowest BCUT2D eigenvalue weighted by molar-refractivity contribution is 0.0374. The van der Waals surface area contributed by atoms with Crippen molar-refractivity contribution in [2.45, 2.75) is 19.8 Å². The molecule has 3 aromatic rings. The van der Waals surface area contributed by atoms with E-state index in [1.54, 1.807) is 0 Å². The average Bonchev–Trinajstić information content (AvgIpc) is 2.95. The Morgan fingerprint density at radius 3 is 2.67 bits per heavy atom. The summed E-state index contributed by atoms with van der Waals surface area (Å²) in [6, 6.07) is 16.9. The van der Waals surface area contributed by atoms with Gasteiger partial charge in [0.2, 0.25) is 5.88 Å². The second-order valence-electron chi connectivity index (χ2n) is 7.34. The van der Waals surface area contributed by atoms with Crippen molar-refractivity contribution < 1.29 is 9.47 Å². The normalized spacial score (nSPS) is 15.3. The predicted octanol–water partition coefficient (Wildman–Crippen LogP) is 4.54. The Bertz CT molecular complexity index is 910. The molecule has 142 valence electrons. The van der Waals surface area contributed by atoms with Gasteiger partial charge in [-0.1, -0.05) is 30.3 Å². The Morgan fingerprint density at radius 2 is 1.85 bits per heavy atom. The summed E-state index contributed by atoms with van der Waals surface area (Å²) in [7, 11) is 2.10. The Kier molecular flexibility index (Phi) is 5.46. The van der Waals surface area contributed by atoms with Crippen LogP contribution in [-0.4, -0.2) is 42.3 Å². The first-order valence-corrected chi connectivity index (χ1v) is 9.83. The number of nitrogens with zero attached hydrogens (tertiary/aromatic N) is 2. The van der Waals surface area contributed by atoms with E-state index in [0.29, 0.717) is 0 Å². The Labute approximate surface area is 161 Å². The molecule has 0 radical (unpaired) electrons. The minimum absolute atomic E-state index is 0.857. The summed E-state index contributed by atoms with van der Waals surface area (Å²) in [4.78, 5) is 2.50. The molecule has 4 rings (SSSR count). The SMILES string of the molecule is Cc1cccc(Oc2c(CCCN3CCOCC3)c3ccccc3n2C)c1. The number of para-hydroxylation sites is 1. The molecule has 4 heteroatoms. The molecular weight excluding hydrogens is 336 g/mol. The van der Waals surface area contributed by atoms with Gasteiger partial charge in [0.15, 0.2) is 0 Å². The smallest absolute Gasteiger partial charge is 0.204 e. The summed E-state index contributed by atoms with van der Waals surface area (Å²) in [6.07, 6.45) is 2.14. The van der Waals surface area contributed by atoms with Crippen LogP contribution in [0.5, 0.6) is 11.6 Å². The first kappa shape index (κ1) is 18.1. The highest BCUT2D eigenvalue weighted by atomic mass is 16.5. The van der Waals surface area contributed by atoms with Gasteiger partial charge in [-0.05, 0) is 50.1 Å². The Balaban J connectivity index is 1.59. The van der Waals surface area contributed by atoms with Crippen LogP contribution in [0, 0.1) is 6.92 Å². The van der Waals surface area contributed by atoms with Gasteiger partial charge >= 0.3 is 0 Å². The first-order chi connectivity index (χ1) is 13.2. The summed E-state index contributed by atoms with van der Waals surface area (Å²) < 4.78 is 14.0. The van der Waals surface area contributed by atoms with Crippen molar-refractivity contribution in [3.05, 3.63) is 59.7 Å². The predicted molar refractivity (Wildman–Crippen MR) is 110 cm³/mol. The number of hydrogen-bond donors (Lipinski definition) is 0. The highest BCUT2D eigenvalue weighted by Gasteiger charge is 2.18. The monoisotopic (exact) mass is 364 g/mol. The largest absolute Gasteiger partial charge is 0.441 e. The molecule has 4 nitrogen and oxygen atoms in total. The molecule has 0 amide bonds. The molecule has 27 heavy (non-hydrogen) atoms. The zero-order valence-corrected chi connectivity index (χ0v) is 16.3. The van der Waals surface area contributed by atoms with Crippen molar-refractivity contribution in [1.82, 2.24) is 9.47 Å². The van der Waals surface area contributed by atoms with Gasteiger partial charge in [0.05, 0.1) is 18.7 Å². The molecule has 0 saturated carbocycles. The fraction of sp³-hybridized carbons (Fsp3) is 0.391. The van der Waals surface area contributed by atoms with Crippen LogP contribution in [0.1, 0.15) is 17.5 Å². The first-order valence-electron chi connectivity index (χ1n) is 9.83. The van der Waals surface area contributed by atoms with Crippen molar-refractivity contribution in [2.75, 3.05) is 32.8 Å². The fourth-order valence-electron chi connectivity index (χ4n) is 3.91. The van der Waals surface area contributed by atoms with Gasteiger partial charge in [0.25, 0.3) is 0 Å². The van der Waals surface area contributed by atoms with E-state index in [2.05, 4.69) is 59.8 Å². The van der Waals surface area contributed by atoms with Gasteiger partial charge in [-0.25, -0.2) is 0 Å². The summed E-state index contributed by atoms with van der Waals surface area (Å²) in [5.74, 6) is 1.86. The molecular formula is C23H28N2O2. The number of morpholine rings is 1. The molecule has 0 spiro atoms. The average molecular weight is 364 g/mol. The lowest BCUT2D eigenvalue weighted by Gasteiger charge is -2.26. The number of rotatable bonds is 6. The quantitative estimate of drug-likeness (QED) is 0.642. The van der Waals surface area contributed by atoms with Crippen LogP contribution in [0.4, 0.5) is 0 Å². The van der Waals surface area contributed by atoms with Gasteiger partial charge in [-0.3, -0.25) is 4.90 Å². The molecule has 2 heterocycles. The highest BCUT2D eigenvalue weighted by molar-refractivity contribution is 5.87. The van der Waals surface area contributed by atoms with Crippen LogP contribution in [-0.2, 0) is 18.2 Å². The molecule has 1 saturated heterocycles. The molecule has 1 aliphatic heterocycles. The van der Waals surface area contributed by atoms with E-state index >= 15 is 0 Å². The van der Waals surface area contributed by atoms with E-state index in [1.807, 2.05) is 12.1 Å². The maximum Gasteiger partial charge on any atom is 0.204 e. The second kappa shape index (κ2) is 8.15. The standard InChI is InChI=1S/C23H28N2O2/c1-18-7-5-8-19(17-18)27-23-21(10-6-12-25-13-15-26-16-14-25)20-9-3-4-11-22(20)24(23)2/h3-5,7-9,11,17H,6,10,12-16H2,1-2H3. The van der Waals surface area contributed by atoms with Crippen LogP contribution >= 0.6 is 0 Å². The lowest BCUT2D eigenvalue weighted by Crippen LogP contribution is -2.36. The van der Waals surface area contributed by atoms with Gasteiger partial charge in [-0.2, -0.15) is 0 Å². The van der Waals surface area contributed by atoms with Crippen LogP contribution in [0.3, 0.4) is 0 Å². The topological polar surface area (TPSA) is 26.6 Å². The molecule has 1 aliphatic rings. The molecule has 1 fully saturated rings. The lowest BCUT2D eigenvalue weighted by atomic mass is 10.1. The van der Waals surface area contributed by atoms with Gasteiger partial charge in [0.1, 0.15) is 5.75 Å². The van der Waals surface area contributed by atoms with E-state index < -0.39 is 0 Å². The van der Waals surface area contributed by atoms with E-state index in [0.717, 1.165) is 57.3 Å². The van der Waals surface area contributed by atoms with Crippen molar-refractivity contribution >= 4 is 10.9 Å².